The first-order valence-corrected chi connectivity index (χ1v) is 15.3. The summed E-state index contributed by atoms with van der Waals surface area (Å²) in [6, 6.07) is 45.7. The third-order valence-electron chi connectivity index (χ3n) is 9.12. The maximum Gasteiger partial charge on any atom is 0.159 e. The van der Waals surface area contributed by atoms with Crippen LogP contribution in [-0.2, 0) is 5.41 Å². The third kappa shape index (κ3) is 4.51. The highest BCUT2D eigenvalue weighted by Gasteiger charge is 2.28. The van der Waals surface area contributed by atoms with Crippen LogP contribution in [0.25, 0.3) is 60.4 Å². The van der Waals surface area contributed by atoms with E-state index in [9.17, 15) is 0 Å². The molecule has 0 saturated carbocycles. The van der Waals surface area contributed by atoms with Gasteiger partial charge in [-0.1, -0.05) is 134 Å². The van der Waals surface area contributed by atoms with Gasteiger partial charge in [-0.15, -0.1) is 0 Å². The van der Waals surface area contributed by atoms with E-state index in [1.165, 1.54) is 49.0 Å². The summed E-state index contributed by atoms with van der Waals surface area (Å²) in [6.45, 7) is 4.34. The van der Waals surface area contributed by atoms with Crippen LogP contribution in [0, 0.1) is 6.92 Å². The molecule has 210 valence electrons. The molecule has 44 heavy (non-hydrogen) atoms. The Labute approximate surface area is 258 Å². The number of hydrogen-bond donors (Lipinski definition) is 0. The van der Waals surface area contributed by atoms with Gasteiger partial charge in [-0.25, -0.2) is 9.97 Å². The van der Waals surface area contributed by atoms with Crippen LogP contribution in [0.4, 0.5) is 0 Å². The summed E-state index contributed by atoms with van der Waals surface area (Å²) < 4.78 is 0. The Kier molecular flexibility index (Phi) is 6.23. The second kappa shape index (κ2) is 10.4. The number of allylic oxidation sites excluding steroid dienone is 4. The number of aromatic nitrogens is 2. The number of rotatable bonds is 4. The molecule has 1 aliphatic carbocycles. The molecule has 1 aliphatic rings. The molecule has 0 saturated heterocycles. The van der Waals surface area contributed by atoms with E-state index in [-0.39, 0.29) is 5.41 Å². The van der Waals surface area contributed by atoms with Gasteiger partial charge in [-0.3, -0.25) is 0 Å². The van der Waals surface area contributed by atoms with Crippen LogP contribution in [-0.4, -0.2) is 9.97 Å². The molecule has 0 spiro atoms. The zero-order valence-electron chi connectivity index (χ0n) is 25.0. The molecule has 2 nitrogen and oxygen atoms in total. The Morgan fingerprint density at radius 2 is 1.11 bits per heavy atom. The average molecular weight is 565 g/mol. The van der Waals surface area contributed by atoms with Crippen LogP contribution < -0.4 is 0 Å². The van der Waals surface area contributed by atoms with Crippen molar-refractivity contribution in [2.75, 3.05) is 0 Å². The molecule has 7 aromatic rings. The second-order valence-electron chi connectivity index (χ2n) is 12.1. The van der Waals surface area contributed by atoms with Gasteiger partial charge in [0.05, 0.1) is 5.69 Å². The highest BCUT2D eigenvalue weighted by Crippen LogP contribution is 2.39. The van der Waals surface area contributed by atoms with Crippen LogP contribution in [0.2, 0.25) is 0 Å². The van der Waals surface area contributed by atoms with E-state index in [2.05, 4.69) is 159 Å². The van der Waals surface area contributed by atoms with E-state index in [0.717, 1.165) is 34.8 Å². The molecular weight excluding hydrogens is 532 g/mol. The summed E-state index contributed by atoms with van der Waals surface area (Å²) in [7, 11) is 0. The molecule has 0 fully saturated rings. The first kappa shape index (κ1) is 26.3. The summed E-state index contributed by atoms with van der Waals surface area (Å²) in [5, 5.41) is 7.71. The quantitative estimate of drug-likeness (QED) is 0.199. The van der Waals surface area contributed by atoms with Crippen molar-refractivity contribution in [1.82, 2.24) is 9.97 Å². The molecule has 1 unspecified atom stereocenters. The molecule has 8 rings (SSSR count). The molecule has 0 aliphatic heterocycles. The van der Waals surface area contributed by atoms with E-state index in [4.69, 9.17) is 9.97 Å². The largest absolute Gasteiger partial charge is 0.233 e. The summed E-state index contributed by atoms with van der Waals surface area (Å²) in [4.78, 5) is 10.1. The number of hydrogen-bond acceptors (Lipinski definition) is 2. The second-order valence-corrected chi connectivity index (χ2v) is 12.1. The van der Waals surface area contributed by atoms with Gasteiger partial charge in [0.2, 0.25) is 0 Å². The molecule has 1 heterocycles. The molecule has 1 aromatic heterocycles. The van der Waals surface area contributed by atoms with Crippen LogP contribution in [0.15, 0.2) is 146 Å². The SMILES string of the molecule is Cc1cc(C2(C)C=CC(c3ccccc3)=CC2)nc(-c2cccc(-c3ccc4c5ccccc5c5ccccc5c4c3)c2)n1. The highest BCUT2D eigenvalue weighted by molar-refractivity contribution is 6.25. The Balaban J connectivity index is 1.18. The lowest BCUT2D eigenvalue weighted by atomic mass is 9.78. The molecule has 6 aromatic carbocycles. The monoisotopic (exact) mass is 564 g/mol. The molecule has 0 bridgehead atoms. The lowest BCUT2D eigenvalue weighted by Crippen LogP contribution is -2.22. The van der Waals surface area contributed by atoms with Crippen molar-refractivity contribution in [1.29, 1.82) is 0 Å². The molecule has 1 atom stereocenters. The van der Waals surface area contributed by atoms with Crippen molar-refractivity contribution >= 4 is 37.9 Å². The minimum absolute atomic E-state index is 0.194. The number of nitrogens with zero attached hydrogens (tertiary/aromatic N) is 2. The minimum Gasteiger partial charge on any atom is -0.233 e. The van der Waals surface area contributed by atoms with Crippen molar-refractivity contribution in [2.45, 2.75) is 25.7 Å². The van der Waals surface area contributed by atoms with Crippen LogP contribution in [0.1, 0.15) is 30.3 Å². The summed E-state index contributed by atoms with van der Waals surface area (Å²) >= 11 is 0. The van der Waals surface area contributed by atoms with Crippen molar-refractivity contribution in [3.63, 3.8) is 0 Å². The predicted molar refractivity (Wildman–Crippen MR) is 186 cm³/mol. The molecular formula is C42H32N2. The fraction of sp³-hybridized carbons (Fsp3) is 0.0952. The summed E-state index contributed by atoms with van der Waals surface area (Å²) in [5.74, 6) is 0.770. The van der Waals surface area contributed by atoms with E-state index < -0.39 is 0 Å². The zero-order chi connectivity index (χ0) is 29.7. The van der Waals surface area contributed by atoms with Gasteiger partial charge in [0, 0.05) is 16.7 Å². The van der Waals surface area contributed by atoms with Crippen molar-refractivity contribution in [2.24, 2.45) is 0 Å². The molecule has 0 amide bonds. The fourth-order valence-electron chi connectivity index (χ4n) is 6.68. The summed E-state index contributed by atoms with van der Waals surface area (Å²) in [6.07, 6.45) is 7.77. The molecule has 0 N–H and O–H groups in total. The predicted octanol–water partition coefficient (Wildman–Crippen LogP) is 10.9. The highest BCUT2D eigenvalue weighted by atomic mass is 14.9. The van der Waals surface area contributed by atoms with Gasteiger partial charge < -0.3 is 0 Å². The van der Waals surface area contributed by atoms with Gasteiger partial charge in [-0.2, -0.15) is 0 Å². The lowest BCUT2D eigenvalue weighted by Gasteiger charge is -2.28. The fourth-order valence-corrected chi connectivity index (χ4v) is 6.68. The van der Waals surface area contributed by atoms with Crippen LogP contribution in [0.3, 0.4) is 0 Å². The maximum absolute atomic E-state index is 5.17. The van der Waals surface area contributed by atoms with Gasteiger partial charge in [0.25, 0.3) is 0 Å². The smallest absolute Gasteiger partial charge is 0.159 e. The standard InChI is InChI=1S/C42H32N2/c1-28-25-40(42(2)23-21-30(22-24-42)29-11-4-3-5-12-29)44-41(43-28)33-14-10-13-31(26-33)32-19-20-38-36-17-7-6-15-34(36)35-16-8-9-18-37(35)39(38)27-32/h3-23,25-27H,24H2,1-2H3. The van der Waals surface area contributed by atoms with E-state index >= 15 is 0 Å². The maximum atomic E-state index is 5.17. The van der Waals surface area contributed by atoms with Crippen molar-refractivity contribution in [3.05, 3.63) is 163 Å². The van der Waals surface area contributed by atoms with E-state index in [0.29, 0.717) is 0 Å². The number of fused-ring (bicyclic) bond motifs is 6. The van der Waals surface area contributed by atoms with Gasteiger partial charge >= 0.3 is 0 Å². The normalized spacial score (nSPS) is 16.5. The van der Waals surface area contributed by atoms with Crippen LogP contribution >= 0.6 is 0 Å². The Morgan fingerprint density at radius 1 is 0.523 bits per heavy atom. The Morgan fingerprint density at radius 3 is 1.80 bits per heavy atom. The molecule has 0 radical (unpaired) electrons. The minimum atomic E-state index is -0.194. The average Bonchev–Trinajstić information content (AvgIpc) is 3.09. The van der Waals surface area contributed by atoms with E-state index in [1.54, 1.807) is 0 Å². The first-order valence-electron chi connectivity index (χ1n) is 15.3. The number of aryl methyl sites for hydroxylation is 1. The van der Waals surface area contributed by atoms with Crippen molar-refractivity contribution in [3.8, 4) is 22.5 Å². The summed E-state index contributed by atoms with van der Waals surface area (Å²) in [5.41, 5.74) is 7.72. The van der Waals surface area contributed by atoms with E-state index in [1.807, 2.05) is 0 Å². The zero-order valence-corrected chi connectivity index (χ0v) is 25.0. The van der Waals surface area contributed by atoms with Gasteiger partial charge in [0.15, 0.2) is 5.82 Å². The lowest BCUT2D eigenvalue weighted by molar-refractivity contribution is 0.578. The van der Waals surface area contributed by atoms with Gasteiger partial charge in [0.1, 0.15) is 0 Å². The number of benzene rings is 6. The topological polar surface area (TPSA) is 25.8 Å². The van der Waals surface area contributed by atoms with Gasteiger partial charge in [-0.05, 0) is 86.1 Å². The Hall–Kier alpha value is -5.34. The first-order chi connectivity index (χ1) is 21.6. The van der Waals surface area contributed by atoms with Crippen LogP contribution in [0.5, 0.6) is 0 Å². The van der Waals surface area contributed by atoms with Crippen molar-refractivity contribution < 1.29 is 0 Å². The Bertz CT molecular complexity index is 2240. The third-order valence-corrected chi connectivity index (χ3v) is 9.12. The molecule has 2 heteroatoms.